The number of nitrogens with zero attached hydrogens (tertiary/aromatic N) is 2. The summed E-state index contributed by atoms with van der Waals surface area (Å²) in [5.74, 6) is 0.469. The molecule has 0 saturated carbocycles. The number of carbonyl (C=O) groups is 1. The molecule has 2 atom stereocenters. The van der Waals surface area contributed by atoms with E-state index in [1.54, 1.807) is 7.11 Å². The first kappa shape index (κ1) is 20.1. The number of morpholine rings is 1. The van der Waals surface area contributed by atoms with Crippen LogP contribution in [0.3, 0.4) is 0 Å². The van der Waals surface area contributed by atoms with Crippen molar-refractivity contribution < 1.29 is 14.3 Å². The van der Waals surface area contributed by atoms with Crippen LogP contribution in [0.15, 0.2) is 18.3 Å². The molecule has 0 radical (unpaired) electrons. The Morgan fingerprint density at radius 2 is 2.04 bits per heavy atom. The minimum atomic E-state index is 0.232. The Bertz CT molecular complexity index is 777. The van der Waals surface area contributed by atoms with Crippen molar-refractivity contribution in [2.45, 2.75) is 45.6 Å². The standard InChI is InChI=1S/C22H32N2O3/c1-5-18(6-9-26-4)19-12-21-13-20(15-25)16(2)22(24(21)14-19)17(3)23-7-10-27-11-8-23/h12-15,17-18H,5-11H2,1-4H3. The smallest absolute Gasteiger partial charge is 0.150 e. The largest absolute Gasteiger partial charge is 0.385 e. The van der Waals surface area contributed by atoms with Crippen molar-refractivity contribution in [3.05, 3.63) is 40.7 Å². The molecule has 27 heavy (non-hydrogen) atoms. The molecule has 2 unspecified atom stereocenters. The highest BCUT2D eigenvalue weighted by atomic mass is 16.5. The Kier molecular flexibility index (Phi) is 6.68. The number of carbonyl (C=O) groups excluding carboxylic acids is 1. The summed E-state index contributed by atoms with van der Waals surface area (Å²) in [6.45, 7) is 10.7. The third-order valence-corrected chi connectivity index (χ3v) is 6.00. The molecule has 3 rings (SSSR count). The lowest BCUT2D eigenvalue weighted by atomic mass is 9.96. The van der Waals surface area contributed by atoms with Gasteiger partial charge in [-0.1, -0.05) is 6.92 Å². The molecule has 5 heteroatoms. The lowest BCUT2D eigenvalue weighted by Crippen LogP contribution is -2.38. The van der Waals surface area contributed by atoms with E-state index in [-0.39, 0.29) is 6.04 Å². The molecule has 148 valence electrons. The molecule has 1 aliphatic heterocycles. The number of pyridine rings is 1. The maximum absolute atomic E-state index is 11.7. The summed E-state index contributed by atoms with van der Waals surface area (Å²) in [6.07, 6.45) is 5.35. The molecule has 3 heterocycles. The second kappa shape index (κ2) is 9.00. The van der Waals surface area contributed by atoms with Gasteiger partial charge in [0, 0.05) is 55.8 Å². The number of aromatic nitrogens is 1. The molecule has 0 aliphatic carbocycles. The first-order valence-electron chi connectivity index (χ1n) is 10.0. The van der Waals surface area contributed by atoms with E-state index in [1.165, 1.54) is 11.3 Å². The zero-order chi connectivity index (χ0) is 19.4. The van der Waals surface area contributed by atoms with Crippen LogP contribution in [0, 0.1) is 6.92 Å². The number of ether oxygens (including phenoxy) is 2. The zero-order valence-electron chi connectivity index (χ0n) is 17.0. The highest BCUT2D eigenvalue weighted by Gasteiger charge is 2.24. The van der Waals surface area contributed by atoms with Crippen LogP contribution in [0.1, 0.15) is 65.8 Å². The highest BCUT2D eigenvalue weighted by molar-refractivity contribution is 5.81. The summed E-state index contributed by atoms with van der Waals surface area (Å²) in [7, 11) is 1.75. The Morgan fingerprint density at radius 1 is 1.30 bits per heavy atom. The van der Waals surface area contributed by atoms with Gasteiger partial charge in [0.1, 0.15) is 6.29 Å². The summed E-state index contributed by atoms with van der Waals surface area (Å²) in [6, 6.07) is 4.49. The van der Waals surface area contributed by atoms with Gasteiger partial charge in [-0.05, 0) is 55.9 Å². The van der Waals surface area contributed by atoms with Gasteiger partial charge in [-0.25, -0.2) is 0 Å². The van der Waals surface area contributed by atoms with Gasteiger partial charge in [-0.15, -0.1) is 0 Å². The molecule has 2 aromatic rings. The third-order valence-electron chi connectivity index (χ3n) is 6.00. The van der Waals surface area contributed by atoms with Crippen LogP contribution in [0.5, 0.6) is 0 Å². The molecule has 1 fully saturated rings. The molecular formula is C22H32N2O3. The first-order valence-corrected chi connectivity index (χ1v) is 10.0. The predicted molar refractivity (Wildman–Crippen MR) is 108 cm³/mol. The van der Waals surface area contributed by atoms with E-state index in [0.717, 1.165) is 68.7 Å². The Morgan fingerprint density at radius 3 is 2.67 bits per heavy atom. The monoisotopic (exact) mass is 372 g/mol. The summed E-state index contributed by atoms with van der Waals surface area (Å²) < 4.78 is 13.1. The van der Waals surface area contributed by atoms with Crippen molar-refractivity contribution in [3.63, 3.8) is 0 Å². The van der Waals surface area contributed by atoms with E-state index in [4.69, 9.17) is 9.47 Å². The SMILES string of the molecule is CCC(CCOC)c1cc2cc(C=O)c(C)c(C(C)N3CCOCC3)n2c1. The number of aldehydes is 1. The van der Waals surface area contributed by atoms with Crippen LogP contribution in [0.2, 0.25) is 0 Å². The van der Waals surface area contributed by atoms with Crippen LogP contribution in [-0.2, 0) is 9.47 Å². The fourth-order valence-electron chi connectivity index (χ4n) is 4.28. The van der Waals surface area contributed by atoms with Gasteiger partial charge in [-0.3, -0.25) is 9.69 Å². The first-order chi connectivity index (χ1) is 13.1. The van der Waals surface area contributed by atoms with Gasteiger partial charge in [-0.2, -0.15) is 0 Å². The predicted octanol–water partition coefficient (Wildman–Crippen LogP) is 3.98. The van der Waals surface area contributed by atoms with Gasteiger partial charge in [0.15, 0.2) is 0 Å². The van der Waals surface area contributed by atoms with Crippen LogP contribution >= 0.6 is 0 Å². The molecule has 2 aromatic heterocycles. The van der Waals surface area contributed by atoms with Gasteiger partial charge >= 0.3 is 0 Å². The molecule has 0 spiro atoms. The quantitative estimate of drug-likeness (QED) is 0.657. The van der Waals surface area contributed by atoms with Crippen molar-refractivity contribution in [3.8, 4) is 0 Å². The second-order valence-corrected chi connectivity index (χ2v) is 7.51. The molecule has 0 bridgehead atoms. The number of hydrogen-bond donors (Lipinski definition) is 0. The topological polar surface area (TPSA) is 43.2 Å². The van der Waals surface area contributed by atoms with E-state index in [2.05, 4.69) is 42.3 Å². The van der Waals surface area contributed by atoms with E-state index >= 15 is 0 Å². The van der Waals surface area contributed by atoms with Crippen LogP contribution in [0.4, 0.5) is 0 Å². The fourth-order valence-corrected chi connectivity index (χ4v) is 4.28. The maximum atomic E-state index is 11.7. The number of rotatable bonds is 8. The lowest BCUT2D eigenvalue weighted by molar-refractivity contribution is 0.0187. The summed E-state index contributed by atoms with van der Waals surface area (Å²) in [5.41, 5.74) is 5.50. The molecule has 0 aromatic carbocycles. The van der Waals surface area contributed by atoms with E-state index in [9.17, 15) is 4.79 Å². The fraction of sp³-hybridized carbons (Fsp3) is 0.591. The normalized spacial score (nSPS) is 17.9. The summed E-state index contributed by atoms with van der Waals surface area (Å²) >= 11 is 0. The maximum Gasteiger partial charge on any atom is 0.150 e. The van der Waals surface area contributed by atoms with E-state index in [0.29, 0.717) is 5.92 Å². The van der Waals surface area contributed by atoms with Crippen LogP contribution in [0.25, 0.3) is 5.52 Å². The van der Waals surface area contributed by atoms with Gasteiger partial charge in [0.25, 0.3) is 0 Å². The van der Waals surface area contributed by atoms with Gasteiger partial charge < -0.3 is 13.9 Å². The number of fused-ring (bicyclic) bond motifs is 1. The molecular weight excluding hydrogens is 340 g/mol. The van der Waals surface area contributed by atoms with Crippen molar-refractivity contribution in [2.75, 3.05) is 40.0 Å². The summed E-state index contributed by atoms with van der Waals surface area (Å²) in [4.78, 5) is 14.1. The van der Waals surface area contributed by atoms with Crippen molar-refractivity contribution in [2.24, 2.45) is 0 Å². The molecule has 0 N–H and O–H groups in total. The molecule has 1 aliphatic rings. The molecule has 5 nitrogen and oxygen atoms in total. The average molecular weight is 373 g/mol. The van der Waals surface area contributed by atoms with Crippen LogP contribution < -0.4 is 0 Å². The highest BCUT2D eigenvalue weighted by Crippen LogP contribution is 2.32. The minimum Gasteiger partial charge on any atom is -0.385 e. The van der Waals surface area contributed by atoms with Crippen molar-refractivity contribution in [1.82, 2.24) is 9.30 Å². The molecule has 1 saturated heterocycles. The van der Waals surface area contributed by atoms with E-state index < -0.39 is 0 Å². The Hall–Kier alpha value is -1.69. The van der Waals surface area contributed by atoms with Crippen LogP contribution in [-0.4, -0.2) is 55.6 Å². The molecule has 0 amide bonds. The van der Waals surface area contributed by atoms with Crippen molar-refractivity contribution in [1.29, 1.82) is 0 Å². The van der Waals surface area contributed by atoms with Gasteiger partial charge in [0.05, 0.1) is 13.2 Å². The second-order valence-electron chi connectivity index (χ2n) is 7.51. The zero-order valence-corrected chi connectivity index (χ0v) is 17.0. The average Bonchev–Trinajstić information content (AvgIpc) is 3.11. The Labute approximate surface area is 162 Å². The number of hydrogen-bond acceptors (Lipinski definition) is 4. The third kappa shape index (κ3) is 4.10. The Balaban J connectivity index is 2.06. The lowest BCUT2D eigenvalue weighted by Gasteiger charge is -2.33. The minimum absolute atomic E-state index is 0.232. The van der Waals surface area contributed by atoms with Crippen molar-refractivity contribution >= 4 is 11.8 Å². The van der Waals surface area contributed by atoms with E-state index in [1.807, 2.05) is 6.07 Å². The summed E-state index contributed by atoms with van der Waals surface area (Å²) in [5, 5.41) is 0. The number of methoxy groups -OCH3 is 1. The van der Waals surface area contributed by atoms with Gasteiger partial charge in [0.2, 0.25) is 0 Å².